The third-order valence-electron chi connectivity index (χ3n) is 2.02. The third-order valence-corrected chi connectivity index (χ3v) is 2.02. The number of aromatic amines is 1. The second kappa shape index (κ2) is 2.99. The van der Waals surface area contributed by atoms with Gasteiger partial charge in [0.15, 0.2) is 0 Å². The highest BCUT2D eigenvalue weighted by atomic mass is 16.1. The summed E-state index contributed by atoms with van der Waals surface area (Å²) in [4.78, 5) is 24.7. The Hall–Kier alpha value is -2.10. The maximum Gasteiger partial charge on any atom is 0.265 e. The van der Waals surface area contributed by atoms with Gasteiger partial charge in [-0.05, 0) is 17.5 Å². The van der Waals surface area contributed by atoms with Gasteiger partial charge < -0.3 is 10.7 Å². The number of pyridine rings is 1. The molecule has 0 saturated heterocycles. The van der Waals surface area contributed by atoms with Crippen LogP contribution in [0.15, 0.2) is 35.1 Å². The molecule has 0 aliphatic rings. The summed E-state index contributed by atoms with van der Waals surface area (Å²) in [6.07, 6.45) is 0. The summed E-state index contributed by atoms with van der Waals surface area (Å²) < 4.78 is 0. The fraction of sp³-hybridized carbons (Fsp3) is 0. The number of fused-ring (bicyclic) bond motifs is 1. The summed E-state index contributed by atoms with van der Waals surface area (Å²) in [5.74, 6) is -0.632. The van der Waals surface area contributed by atoms with Crippen LogP contribution in [-0.4, -0.2) is 10.9 Å². The number of rotatable bonds is 1. The van der Waals surface area contributed by atoms with Gasteiger partial charge in [-0.15, -0.1) is 0 Å². The zero-order valence-electron chi connectivity index (χ0n) is 7.28. The minimum atomic E-state index is -0.632. The van der Waals surface area contributed by atoms with Gasteiger partial charge in [0.2, 0.25) is 0 Å². The Morgan fingerprint density at radius 3 is 2.71 bits per heavy atom. The molecule has 1 heterocycles. The van der Waals surface area contributed by atoms with E-state index in [1.54, 1.807) is 30.3 Å². The second-order valence-electron chi connectivity index (χ2n) is 2.96. The number of aromatic nitrogens is 1. The van der Waals surface area contributed by atoms with Gasteiger partial charge in [0.05, 0.1) is 0 Å². The number of H-pyrrole nitrogens is 1. The minimum Gasteiger partial charge on any atom is -0.364 e. The molecule has 0 atom stereocenters. The van der Waals surface area contributed by atoms with Crippen LogP contribution in [0, 0.1) is 0 Å². The van der Waals surface area contributed by atoms with E-state index >= 15 is 0 Å². The molecule has 0 saturated carbocycles. The fourth-order valence-corrected chi connectivity index (χ4v) is 1.34. The standard InChI is InChI=1S/C10H8N2O2/c11-9(13)8-5-6-3-1-2-4-7(6)10(14)12-8/h1-5H,(H2,11,13)(H,12,14). The molecule has 1 aromatic heterocycles. The van der Waals surface area contributed by atoms with Crippen molar-refractivity contribution in [1.82, 2.24) is 4.98 Å². The van der Waals surface area contributed by atoms with E-state index in [9.17, 15) is 9.59 Å². The first-order chi connectivity index (χ1) is 6.68. The van der Waals surface area contributed by atoms with E-state index in [1.165, 1.54) is 0 Å². The molecular weight excluding hydrogens is 180 g/mol. The predicted octanol–water partition coefficient (Wildman–Crippen LogP) is 0.627. The van der Waals surface area contributed by atoms with Crippen molar-refractivity contribution in [3.63, 3.8) is 0 Å². The van der Waals surface area contributed by atoms with Crippen molar-refractivity contribution in [2.75, 3.05) is 0 Å². The molecule has 3 N–H and O–H groups in total. The van der Waals surface area contributed by atoms with Crippen molar-refractivity contribution in [1.29, 1.82) is 0 Å². The van der Waals surface area contributed by atoms with Crippen molar-refractivity contribution in [3.05, 3.63) is 46.4 Å². The van der Waals surface area contributed by atoms with E-state index in [-0.39, 0.29) is 11.3 Å². The summed E-state index contributed by atoms with van der Waals surface area (Å²) in [6.45, 7) is 0. The molecule has 0 fully saturated rings. The lowest BCUT2D eigenvalue weighted by Crippen LogP contribution is -2.18. The lowest BCUT2D eigenvalue weighted by molar-refractivity contribution is 0.0995. The van der Waals surface area contributed by atoms with Gasteiger partial charge in [0.25, 0.3) is 11.5 Å². The van der Waals surface area contributed by atoms with E-state index in [1.807, 2.05) is 0 Å². The lowest BCUT2D eigenvalue weighted by atomic mass is 10.1. The van der Waals surface area contributed by atoms with Crippen LogP contribution in [0.4, 0.5) is 0 Å². The average molecular weight is 188 g/mol. The minimum absolute atomic E-state index is 0.133. The van der Waals surface area contributed by atoms with Gasteiger partial charge >= 0.3 is 0 Å². The zero-order chi connectivity index (χ0) is 10.1. The largest absolute Gasteiger partial charge is 0.364 e. The van der Waals surface area contributed by atoms with E-state index in [4.69, 9.17) is 5.73 Å². The molecule has 4 nitrogen and oxygen atoms in total. The SMILES string of the molecule is NC(=O)c1cc2ccccc2c(=O)[nH]1. The Balaban J connectivity index is 2.86. The molecule has 0 bridgehead atoms. The summed E-state index contributed by atoms with van der Waals surface area (Å²) in [5, 5.41) is 1.27. The molecule has 70 valence electrons. The predicted molar refractivity (Wildman–Crippen MR) is 53.1 cm³/mol. The Morgan fingerprint density at radius 1 is 1.29 bits per heavy atom. The van der Waals surface area contributed by atoms with Gasteiger partial charge in [-0.25, -0.2) is 0 Å². The smallest absolute Gasteiger partial charge is 0.265 e. The van der Waals surface area contributed by atoms with Gasteiger partial charge in [0.1, 0.15) is 5.69 Å². The Bertz CT molecular complexity index is 557. The summed E-state index contributed by atoms with van der Waals surface area (Å²) >= 11 is 0. The molecule has 1 amide bonds. The van der Waals surface area contributed by atoms with Gasteiger partial charge in [-0.3, -0.25) is 9.59 Å². The highest BCUT2D eigenvalue weighted by molar-refractivity contribution is 5.95. The number of carbonyl (C=O) groups is 1. The second-order valence-corrected chi connectivity index (χ2v) is 2.96. The maximum atomic E-state index is 11.4. The molecule has 2 rings (SSSR count). The summed E-state index contributed by atoms with van der Waals surface area (Å²) in [7, 11) is 0. The molecule has 0 unspecified atom stereocenters. The topological polar surface area (TPSA) is 76.0 Å². The van der Waals surface area contributed by atoms with E-state index < -0.39 is 5.91 Å². The first-order valence-corrected chi connectivity index (χ1v) is 4.10. The van der Waals surface area contributed by atoms with Crippen LogP contribution in [-0.2, 0) is 0 Å². The van der Waals surface area contributed by atoms with E-state index in [0.717, 1.165) is 0 Å². The normalized spacial score (nSPS) is 10.3. The van der Waals surface area contributed by atoms with Crippen molar-refractivity contribution >= 4 is 16.7 Å². The van der Waals surface area contributed by atoms with Crippen LogP contribution in [0.3, 0.4) is 0 Å². The number of hydrogen-bond donors (Lipinski definition) is 2. The molecular formula is C10H8N2O2. The van der Waals surface area contributed by atoms with Crippen molar-refractivity contribution in [2.24, 2.45) is 5.73 Å². The number of hydrogen-bond acceptors (Lipinski definition) is 2. The number of benzene rings is 1. The summed E-state index contributed by atoms with van der Waals surface area (Å²) in [5.41, 5.74) is 4.90. The monoisotopic (exact) mass is 188 g/mol. The van der Waals surface area contributed by atoms with Crippen LogP contribution < -0.4 is 11.3 Å². The Morgan fingerprint density at radius 2 is 2.00 bits per heavy atom. The van der Waals surface area contributed by atoms with Crippen LogP contribution in [0.25, 0.3) is 10.8 Å². The molecule has 4 heteroatoms. The number of nitrogens with one attached hydrogen (secondary N) is 1. The Labute approximate surface area is 79.4 Å². The van der Waals surface area contributed by atoms with E-state index in [2.05, 4.69) is 4.98 Å². The highest BCUT2D eigenvalue weighted by Gasteiger charge is 2.04. The maximum absolute atomic E-state index is 11.4. The van der Waals surface area contributed by atoms with Crippen molar-refractivity contribution in [2.45, 2.75) is 0 Å². The fourth-order valence-electron chi connectivity index (χ4n) is 1.34. The van der Waals surface area contributed by atoms with Gasteiger partial charge in [-0.1, -0.05) is 18.2 Å². The van der Waals surface area contributed by atoms with Crippen molar-refractivity contribution < 1.29 is 4.79 Å². The van der Waals surface area contributed by atoms with Crippen LogP contribution in [0.2, 0.25) is 0 Å². The van der Waals surface area contributed by atoms with Gasteiger partial charge in [-0.2, -0.15) is 0 Å². The number of carbonyl (C=O) groups excluding carboxylic acids is 1. The van der Waals surface area contributed by atoms with Crippen LogP contribution in [0.1, 0.15) is 10.5 Å². The van der Waals surface area contributed by atoms with Crippen LogP contribution in [0.5, 0.6) is 0 Å². The number of nitrogens with two attached hydrogens (primary N) is 1. The highest BCUT2D eigenvalue weighted by Crippen LogP contribution is 2.08. The third kappa shape index (κ3) is 1.26. The number of primary amides is 1. The average Bonchev–Trinajstić information content (AvgIpc) is 2.17. The lowest BCUT2D eigenvalue weighted by Gasteiger charge is -1.98. The first kappa shape index (κ1) is 8.50. The first-order valence-electron chi connectivity index (χ1n) is 4.10. The number of amides is 1. The molecule has 0 aliphatic heterocycles. The molecule has 0 radical (unpaired) electrons. The molecule has 14 heavy (non-hydrogen) atoms. The zero-order valence-corrected chi connectivity index (χ0v) is 7.28. The summed E-state index contributed by atoms with van der Waals surface area (Å²) in [6, 6.07) is 8.59. The molecule has 0 aliphatic carbocycles. The van der Waals surface area contributed by atoms with Gasteiger partial charge in [0, 0.05) is 5.39 Å². The van der Waals surface area contributed by atoms with Crippen molar-refractivity contribution in [3.8, 4) is 0 Å². The Kier molecular flexibility index (Phi) is 1.81. The molecule has 2 aromatic rings. The molecule has 0 spiro atoms. The van der Waals surface area contributed by atoms with Crippen LogP contribution >= 0.6 is 0 Å². The quantitative estimate of drug-likeness (QED) is 0.688. The molecule has 1 aromatic carbocycles. The van der Waals surface area contributed by atoms with E-state index in [0.29, 0.717) is 10.8 Å².